The Morgan fingerprint density at radius 3 is 3.00 bits per heavy atom. The lowest BCUT2D eigenvalue weighted by molar-refractivity contribution is -0.143. The summed E-state index contributed by atoms with van der Waals surface area (Å²) < 4.78 is 5.01. The van der Waals surface area contributed by atoms with Gasteiger partial charge in [-0.05, 0) is 12.1 Å². The number of thiophene rings is 1. The van der Waals surface area contributed by atoms with Crippen molar-refractivity contribution in [2.24, 2.45) is 0 Å². The molecule has 0 saturated carbocycles. The van der Waals surface area contributed by atoms with Crippen molar-refractivity contribution in [2.45, 2.75) is 6.54 Å². The number of ether oxygens (including phenoxy) is 1. The Morgan fingerprint density at radius 2 is 2.38 bits per heavy atom. The Bertz CT molecular complexity index is 415. The van der Waals surface area contributed by atoms with E-state index in [1.807, 2.05) is 0 Å². The topological polar surface area (TPSA) is 66.8 Å². The molecule has 0 bridgehead atoms. The standard InChI is InChI=1S/C10H11NO4S/c12-9-6-15-4-3-11(9)5-7-1-2-8(16-7)10(13)14/h1-2H,3-6H2,(H,13,14). The minimum Gasteiger partial charge on any atom is -0.477 e. The summed E-state index contributed by atoms with van der Waals surface area (Å²) in [7, 11) is 0. The Morgan fingerprint density at radius 1 is 1.56 bits per heavy atom. The molecule has 1 amide bonds. The van der Waals surface area contributed by atoms with E-state index in [-0.39, 0.29) is 12.5 Å². The van der Waals surface area contributed by atoms with E-state index in [9.17, 15) is 9.59 Å². The molecule has 2 rings (SSSR count). The number of nitrogens with zero attached hydrogens (tertiary/aromatic N) is 1. The fourth-order valence-electron chi connectivity index (χ4n) is 1.48. The summed E-state index contributed by atoms with van der Waals surface area (Å²) >= 11 is 1.20. The lowest BCUT2D eigenvalue weighted by Gasteiger charge is -2.26. The van der Waals surface area contributed by atoms with Crippen molar-refractivity contribution >= 4 is 23.2 Å². The SMILES string of the molecule is O=C(O)c1ccc(CN2CCOCC2=O)s1. The highest BCUT2D eigenvalue weighted by molar-refractivity contribution is 7.13. The zero-order chi connectivity index (χ0) is 11.5. The van der Waals surface area contributed by atoms with Crippen molar-refractivity contribution in [2.75, 3.05) is 19.8 Å². The molecule has 1 saturated heterocycles. The molecule has 1 fully saturated rings. The molecule has 1 aliphatic rings. The second kappa shape index (κ2) is 4.63. The fourth-order valence-corrected chi connectivity index (χ4v) is 2.35. The molecule has 0 spiro atoms. The van der Waals surface area contributed by atoms with Crippen LogP contribution in [0.5, 0.6) is 0 Å². The van der Waals surface area contributed by atoms with E-state index < -0.39 is 5.97 Å². The molecule has 1 aromatic heterocycles. The molecule has 0 atom stereocenters. The van der Waals surface area contributed by atoms with Gasteiger partial charge in [0.15, 0.2) is 0 Å². The average molecular weight is 241 g/mol. The first-order valence-corrected chi connectivity index (χ1v) is 5.66. The number of morpholine rings is 1. The van der Waals surface area contributed by atoms with Crippen molar-refractivity contribution in [1.82, 2.24) is 4.90 Å². The van der Waals surface area contributed by atoms with E-state index in [1.54, 1.807) is 17.0 Å². The van der Waals surface area contributed by atoms with E-state index in [2.05, 4.69) is 0 Å². The van der Waals surface area contributed by atoms with Gasteiger partial charge in [0.05, 0.1) is 13.2 Å². The second-order valence-electron chi connectivity index (χ2n) is 3.44. The van der Waals surface area contributed by atoms with Crippen molar-refractivity contribution in [3.8, 4) is 0 Å². The molecule has 0 unspecified atom stereocenters. The number of rotatable bonds is 3. The maximum Gasteiger partial charge on any atom is 0.345 e. The number of amides is 1. The predicted molar refractivity (Wildman–Crippen MR) is 57.5 cm³/mol. The first-order valence-electron chi connectivity index (χ1n) is 4.84. The number of hydrogen-bond acceptors (Lipinski definition) is 4. The molecule has 0 aromatic carbocycles. The van der Waals surface area contributed by atoms with Crippen LogP contribution < -0.4 is 0 Å². The van der Waals surface area contributed by atoms with Gasteiger partial charge in [-0.15, -0.1) is 11.3 Å². The fraction of sp³-hybridized carbons (Fsp3) is 0.400. The van der Waals surface area contributed by atoms with E-state index in [0.717, 1.165) is 4.88 Å². The molecule has 1 aromatic rings. The van der Waals surface area contributed by atoms with Crippen LogP contribution in [0.3, 0.4) is 0 Å². The summed E-state index contributed by atoms with van der Waals surface area (Å²) in [4.78, 5) is 25.0. The largest absolute Gasteiger partial charge is 0.477 e. The third kappa shape index (κ3) is 2.40. The smallest absolute Gasteiger partial charge is 0.345 e. The van der Waals surface area contributed by atoms with Crippen LogP contribution in [0.1, 0.15) is 14.5 Å². The number of hydrogen-bond donors (Lipinski definition) is 1. The van der Waals surface area contributed by atoms with Crippen LogP contribution in [0, 0.1) is 0 Å². The van der Waals surface area contributed by atoms with E-state index in [1.165, 1.54) is 11.3 Å². The van der Waals surface area contributed by atoms with E-state index in [0.29, 0.717) is 24.6 Å². The highest BCUT2D eigenvalue weighted by atomic mass is 32.1. The minimum absolute atomic E-state index is 0.0449. The molecule has 1 aliphatic heterocycles. The molecule has 1 N–H and O–H groups in total. The number of carboxylic acid groups (broad SMARTS) is 1. The van der Waals surface area contributed by atoms with Crippen molar-refractivity contribution < 1.29 is 19.4 Å². The number of carboxylic acids is 1. The molecular formula is C10H11NO4S. The lowest BCUT2D eigenvalue weighted by Crippen LogP contribution is -2.40. The summed E-state index contributed by atoms with van der Waals surface area (Å²) in [6.45, 7) is 1.71. The predicted octanol–water partition coefficient (Wildman–Crippen LogP) is 0.805. The van der Waals surface area contributed by atoms with Crippen LogP contribution in [-0.2, 0) is 16.1 Å². The maximum atomic E-state index is 11.4. The molecule has 0 radical (unpaired) electrons. The van der Waals surface area contributed by atoms with Crippen LogP contribution >= 0.6 is 11.3 Å². The number of carbonyl (C=O) groups excluding carboxylic acids is 1. The number of aromatic carboxylic acids is 1. The van der Waals surface area contributed by atoms with Gasteiger partial charge in [0.2, 0.25) is 5.91 Å². The molecular weight excluding hydrogens is 230 g/mol. The lowest BCUT2D eigenvalue weighted by atomic mass is 10.3. The molecule has 16 heavy (non-hydrogen) atoms. The van der Waals surface area contributed by atoms with Gasteiger partial charge in [-0.3, -0.25) is 4.79 Å². The minimum atomic E-state index is -0.926. The quantitative estimate of drug-likeness (QED) is 0.850. The van der Waals surface area contributed by atoms with Gasteiger partial charge in [-0.2, -0.15) is 0 Å². The summed E-state index contributed by atoms with van der Waals surface area (Å²) in [6, 6.07) is 3.31. The molecule has 2 heterocycles. The van der Waals surface area contributed by atoms with Crippen molar-refractivity contribution in [3.63, 3.8) is 0 Å². The average Bonchev–Trinajstić information content (AvgIpc) is 2.70. The third-order valence-corrected chi connectivity index (χ3v) is 3.36. The zero-order valence-corrected chi connectivity index (χ0v) is 9.33. The van der Waals surface area contributed by atoms with Crippen LogP contribution in [0.15, 0.2) is 12.1 Å². The van der Waals surface area contributed by atoms with Crippen LogP contribution in [0.25, 0.3) is 0 Å². The Labute approximate surface area is 96.2 Å². The number of carbonyl (C=O) groups is 2. The van der Waals surface area contributed by atoms with Gasteiger partial charge in [0, 0.05) is 11.4 Å². The van der Waals surface area contributed by atoms with Gasteiger partial charge in [0.25, 0.3) is 0 Å². The monoisotopic (exact) mass is 241 g/mol. The Balaban J connectivity index is 2.02. The van der Waals surface area contributed by atoms with Gasteiger partial charge in [0.1, 0.15) is 11.5 Å². The molecule has 86 valence electrons. The first kappa shape index (κ1) is 11.1. The third-order valence-electron chi connectivity index (χ3n) is 2.30. The molecule has 0 aliphatic carbocycles. The second-order valence-corrected chi connectivity index (χ2v) is 4.61. The summed E-state index contributed by atoms with van der Waals surface area (Å²) in [5, 5.41) is 8.77. The van der Waals surface area contributed by atoms with Gasteiger partial charge >= 0.3 is 5.97 Å². The maximum absolute atomic E-state index is 11.4. The highest BCUT2D eigenvalue weighted by Crippen LogP contribution is 2.19. The Hall–Kier alpha value is -1.40. The summed E-state index contributed by atoms with van der Waals surface area (Å²) in [5.41, 5.74) is 0. The van der Waals surface area contributed by atoms with Crippen LogP contribution in [0.4, 0.5) is 0 Å². The summed E-state index contributed by atoms with van der Waals surface area (Å²) in [5.74, 6) is -0.971. The first-order chi connectivity index (χ1) is 7.66. The Kier molecular flexibility index (Phi) is 3.21. The summed E-state index contributed by atoms with van der Waals surface area (Å²) in [6.07, 6.45) is 0. The van der Waals surface area contributed by atoms with E-state index in [4.69, 9.17) is 9.84 Å². The van der Waals surface area contributed by atoms with Gasteiger partial charge in [-0.25, -0.2) is 4.79 Å². The molecule has 6 heteroatoms. The van der Waals surface area contributed by atoms with E-state index >= 15 is 0 Å². The zero-order valence-electron chi connectivity index (χ0n) is 8.51. The van der Waals surface area contributed by atoms with Crippen LogP contribution in [-0.4, -0.2) is 41.6 Å². The van der Waals surface area contributed by atoms with Gasteiger partial charge in [-0.1, -0.05) is 0 Å². The highest BCUT2D eigenvalue weighted by Gasteiger charge is 2.19. The van der Waals surface area contributed by atoms with Gasteiger partial charge < -0.3 is 14.7 Å². The molecule has 5 nitrogen and oxygen atoms in total. The van der Waals surface area contributed by atoms with Crippen molar-refractivity contribution in [1.29, 1.82) is 0 Å². The van der Waals surface area contributed by atoms with Crippen LogP contribution in [0.2, 0.25) is 0 Å². The van der Waals surface area contributed by atoms with Crippen molar-refractivity contribution in [3.05, 3.63) is 21.9 Å². The normalized spacial score (nSPS) is 16.5.